The number of hydrogen-bond acceptors (Lipinski definition) is 7. The molecule has 0 saturated carbocycles. The Kier molecular flexibility index (Phi) is 4.72. The van der Waals surface area contributed by atoms with Gasteiger partial charge in [0.15, 0.2) is 9.84 Å². The zero-order valence-electron chi connectivity index (χ0n) is 13.7. The average molecular weight is 402 g/mol. The molecule has 1 aliphatic heterocycles. The van der Waals surface area contributed by atoms with Crippen molar-refractivity contribution in [1.29, 1.82) is 0 Å². The van der Waals surface area contributed by atoms with Crippen molar-refractivity contribution in [2.24, 2.45) is 0 Å². The van der Waals surface area contributed by atoms with Gasteiger partial charge in [0.05, 0.1) is 40.7 Å². The maximum absolute atomic E-state index is 12.2. The van der Waals surface area contributed by atoms with Crippen LogP contribution in [0.15, 0.2) is 21.3 Å². The molecule has 1 aromatic carbocycles. The number of carbonyl (C=O) groups excluding carboxylic acids is 1. The molecule has 1 fully saturated rings. The number of fused-ring (bicyclic) bond motifs is 1. The number of aryl methyl sites for hydroxylation is 1. The number of phenolic OH excluding ortho intramolecular Hbond substituents is 1. The highest BCUT2D eigenvalue weighted by atomic mass is 35.5. The van der Waals surface area contributed by atoms with Crippen LogP contribution >= 0.6 is 11.6 Å². The van der Waals surface area contributed by atoms with E-state index >= 15 is 0 Å². The van der Waals surface area contributed by atoms with Crippen molar-refractivity contribution in [1.82, 2.24) is 5.32 Å². The minimum absolute atomic E-state index is 0.0733. The fraction of sp³-hybridized carbons (Fsp3) is 0.375. The maximum atomic E-state index is 12.2. The molecule has 8 nitrogen and oxygen atoms in total. The second kappa shape index (κ2) is 6.57. The number of nitrogens with one attached hydrogen (secondary N) is 1. The minimum Gasteiger partial charge on any atom is -0.506 e. The third-order valence-electron chi connectivity index (χ3n) is 4.36. The molecule has 0 spiro atoms. The lowest BCUT2D eigenvalue weighted by Gasteiger charge is -2.15. The third-order valence-corrected chi connectivity index (χ3v) is 6.38. The van der Waals surface area contributed by atoms with Crippen LogP contribution in [0.5, 0.6) is 5.75 Å². The Morgan fingerprint density at radius 3 is 2.69 bits per heavy atom. The van der Waals surface area contributed by atoms with Gasteiger partial charge in [0.1, 0.15) is 11.3 Å². The molecule has 1 aliphatic rings. The van der Waals surface area contributed by atoms with Gasteiger partial charge >= 0.3 is 5.63 Å². The summed E-state index contributed by atoms with van der Waals surface area (Å²) in [6.07, 6.45) is -1.52. The Balaban J connectivity index is 1.88. The van der Waals surface area contributed by atoms with E-state index < -0.39 is 39.3 Å². The van der Waals surface area contributed by atoms with Gasteiger partial charge in [-0.3, -0.25) is 4.79 Å². The molecular formula is C16H16ClNO7S. The van der Waals surface area contributed by atoms with E-state index in [1.54, 1.807) is 6.92 Å². The predicted octanol–water partition coefficient (Wildman–Crippen LogP) is 0.277. The van der Waals surface area contributed by atoms with Crippen molar-refractivity contribution in [3.8, 4) is 5.75 Å². The lowest BCUT2D eigenvalue weighted by Crippen LogP contribution is -2.43. The molecular weight excluding hydrogens is 386 g/mol. The number of aliphatic hydroxyl groups excluding tert-OH is 1. The molecule has 10 heteroatoms. The highest BCUT2D eigenvalue weighted by molar-refractivity contribution is 7.91. The molecule has 2 aromatic rings. The summed E-state index contributed by atoms with van der Waals surface area (Å²) in [4.78, 5) is 24.4. The van der Waals surface area contributed by atoms with Crippen LogP contribution in [-0.4, -0.2) is 48.2 Å². The van der Waals surface area contributed by atoms with Crippen molar-refractivity contribution in [3.63, 3.8) is 0 Å². The van der Waals surface area contributed by atoms with E-state index in [1.165, 1.54) is 12.1 Å². The number of aromatic hydroxyl groups is 1. The number of carbonyl (C=O) groups is 1. The van der Waals surface area contributed by atoms with E-state index in [4.69, 9.17) is 16.0 Å². The zero-order valence-corrected chi connectivity index (χ0v) is 15.2. The van der Waals surface area contributed by atoms with Crippen molar-refractivity contribution >= 4 is 38.3 Å². The first-order valence-electron chi connectivity index (χ1n) is 7.70. The van der Waals surface area contributed by atoms with Crippen LogP contribution in [0.2, 0.25) is 5.02 Å². The van der Waals surface area contributed by atoms with Crippen molar-refractivity contribution in [2.75, 3.05) is 11.5 Å². The summed E-state index contributed by atoms with van der Waals surface area (Å²) in [7, 11) is -3.40. The Morgan fingerprint density at radius 1 is 1.38 bits per heavy atom. The Labute approximate surface area is 153 Å². The smallest absolute Gasteiger partial charge is 0.340 e. The molecule has 0 unspecified atom stereocenters. The highest BCUT2D eigenvalue weighted by Crippen LogP contribution is 2.30. The summed E-state index contributed by atoms with van der Waals surface area (Å²) in [5, 5.41) is 22.3. The van der Waals surface area contributed by atoms with Crippen LogP contribution in [0.3, 0.4) is 0 Å². The normalized spacial score (nSPS) is 21.8. The Hall–Kier alpha value is -2.10. The standard InChI is InChI=1S/C16H16ClNO7S/c1-7-8-2-10(17)12(19)4-14(8)25-16(22)9(7)3-15(21)18-11-5-26(23,24)6-13(11)20/h2,4,11,13,19-20H,3,5-6H2,1H3,(H,18,21)/t11-,13+/m0/s1. The van der Waals surface area contributed by atoms with Gasteiger partial charge in [0.2, 0.25) is 5.91 Å². The number of aliphatic hydroxyl groups is 1. The zero-order chi connectivity index (χ0) is 19.2. The summed E-state index contributed by atoms with van der Waals surface area (Å²) in [6, 6.07) is 1.74. The molecule has 3 N–H and O–H groups in total. The fourth-order valence-electron chi connectivity index (χ4n) is 2.99. The van der Waals surface area contributed by atoms with E-state index in [9.17, 15) is 28.2 Å². The van der Waals surface area contributed by atoms with Gasteiger partial charge < -0.3 is 19.9 Å². The molecule has 26 heavy (non-hydrogen) atoms. The van der Waals surface area contributed by atoms with E-state index in [2.05, 4.69) is 5.32 Å². The number of phenols is 1. The lowest BCUT2D eigenvalue weighted by molar-refractivity contribution is -0.121. The fourth-order valence-corrected chi connectivity index (χ4v) is 4.89. The van der Waals surface area contributed by atoms with Crippen molar-refractivity contribution in [2.45, 2.75) is 25.5 Å². The number of halogens is 1. The van der Waals surface area contributed by atoms with Crippen LogP contribution in [0.25, 0.3) is 11.0 Å². The Bertz CT molecular complexity index is 1060. The van der Waals surface area contributed by atoms with E-state index in [0.717, 1.165) is 0 Å². The van der Waals surface area contributed by atoms with Crippen molar-refractivity contribution < 1.29 is 27.8 Å². The van der Waals surface area contributed by atoms with Gasteiger partial charge in [-0.15, -0.1) is 0 Å². The molecule has 1 saturated heterocycles. The van der Waals surface area contributed by atoms with Gasteiger partial charge in [-0.2, -0.15) is 0 Å². The van der Waals surface area contributed by atoms with Gasteiger partial charge in [0.25, 0.3) is 0 Å². The van der Waals surface area contributed by atoms with E-state index in [-0.39, 0.29) is 34.1 Å². The van der Waals surface area contributed by atoms with Crippen LogP contribution in [-0.2, 0) is 21.1 Å². The second-order valence-electron chi connectivity index (χ2n) is 6.29. The summed E-state index contributed by atoms with van der Waals surface area (Å²) in [6.45, 7) is 1.62. The van der Waals surface area contributed by atoms with Crippen LogP contribution in [0.1, 0.15) is 11.1 Å². The predicted molar refractivity (Wildman–Crippen MR) is 94.2 cm³/mol. The molecule has 2 atom stereocenters. The molecule has 140 valence electrons. The molecule has 1 amide bonds. The van der Waals surface area contributed by atoms with Gasteiger partial charge in [-0.25, -0.2) is 13.2 Å². The number of hydrogen-bond donors (Lipinski definition) is 3. The van der Waals surface area contributed by atoms with Gasteiger partial charge in [0, 0.05) is 11.5 Å². The summed E-state index contributed by atoms with van der Waals surface area (Å²) >= 11 is 5.88. The van der Waals surface area contributed by atoms with E-state index in [0.29, 0.717) is 10.9 Å². The first-order valence-corrected chi connectivity index (χ1v) is 9.90. The molecule has 2 heterocycles. The van der Waals surface area contributed by atoms with Crippen LogP contribution in [0, 0.1) is 6.92 Å². The molecule has 0 bridgehead atoms. The topological polar surface area (TPSA) is 134 Å². The maximum Gasteiger partial charge on any atom is 0.340 e. The highest BCUT2D eigenvalue weighted by Gasteiger charge is 2.37. The number of amides is 1. The number of sulfone groups is 1. The average Bonchev–Trinajstić information content (AvgIpc) is 2.78. The Morgan fingerprint density at radius 2 is 2.08 bits per heavy atom. The molecule has 0 radical (unpaired) electrons. The second-order valence-corrected chi connectivity index (χ2v) is 8.85. The summed E-state index contributed by atoms with van der Waals surface area (Å²) < 4.78 is 28.1. The number of benzene rings is 1. The SMILES string of the molecule is Cc1c(CC(=O)N[C@H]2CS(=O)(=O)C[C@H]2O)c(=O)oc2cc(O)c(Cl)cc12. The summed E-state index contributed by atoms with van der Waals surface area (Å²) in [5.41, 5.74) is -0.0534. The van der Waals surface area contributed by atoms with Crippen LogP contribution in [0.4, 0.5) is 0 Å². The molecule has 0 aliphatic carbocycles. The number of rotatable bonds is 3. The van der Waals surface area contributed by atoms with Crippen LogP contribution < -0.4 is 10.9 Å². The first kappa shape index (κ1) is 18.7. The van der Waals surface area contributed by atoms with Gasteiger partial charge in [-0.1, -0.05) is 11.6 Å². The largest absolute Gasteiger partial charge is 0.506 e. The minimum atomic E-state index is -3.40. The quantitative estimate of drug-likeness (QED) is 0.628. The molecule has 1 aromatic heterocycles. The monoisotopic (exact) mass is 401 g/mol. The van der Waals surface area contributed by atoms with E-state index in [1.807, 2.05) is 0 Å². The lowest BCUT2D eigenvalue weighted by atomic mass is 10.0. The van der Waals surface area contributed by atoms with Gasteiger partial charge in [-0.05, 0) is 18.6 Å². The third kappa shape index (κ3) is 3.55. The summed E-state index contributed by atoms with van der Waals surface area (Å²) in [5.74, 6) is -1.59. The molecule has 3 rings (SSSR count). The van der Waals surface area contributed by atoms with Crippen molar-refractivity contribution in [3.05, 3.63) is 38.7 Å². The first-order chi connectivity index (χ1) is 12.1.